The van der Waals surface area contributed by atoms with Crippen LogP contribution in [0.2, 0.25) is 5.02 Å². The molecule has 0 atom stereocenters. The molecule has 0 aliphatic heterocycles. The van der Waals surface area contributed by atoms with Gasteiger partial charge in [0.1, 0.15) is 4.90 Å². The molecular weight excluding hydrogens is 300 g/mol. The highest BCUT2D eigenvalue weighted by Crippen LogP contribution is 2.22. The number of sulfonamides is 1. The molecule has 2 aromatic rings. The summed E-state index contributed by atoms with van der Waals surface area (Å²) >= 11 is 5.91. The van der Waals surface area contributed by atoms with E-state index in [2.05, 4.69) is 5.32 Å². The highest BCUT2D eigenvalue weighted by atomic mass is 35.5. The fraction of sp³-hybridized carbons (Fsp3) is 0. The van der Waals surface area contributed by atoms with Gasteiger partial charge in [-0.1, -0.05) is 35.9 Å². The molecule has 0 heterocycles. The predicted molar refractivity (Wildman–Crippen MR) is 77.2 cm³/mol. The molecule has 1 amide bonds. The van der Waals surface area contributed by atoms with Gasteiger partial charge in [-0.15, -0.1) is 0 Å². The van der Waals surface area contributed by atoms with E-state index in [9.17, 15) is 13.2 Å². The van der Waals surface area contributed by atoms with Gasteiger partial charge in [-0.25, -0.2) is 13.6 Å². The molecule has 20 heavy (non-hydrogen) atoms. The lowest BCUT2D eigenvalue weighted by atomic mass is 10.2. The van der Waals surface area contributed by atoms with Gasteiger partial charge < -0.3 is 5.32 Å². The second-order valence-corrected chi connectivity index (χ2v) is 5.91. The number of para-hydroxylation sites is 1. The molecule has 7 heteroatoms. The van der Waals surface area contributed by atoms with Gasteiger partial charge in [0.05, 0.1) is 16.3 Å². The molecule has 104 valence electrons. The number of carbonyl (C=O) groups excluding carboxylic acids is 1. The lowest BCUT2D eigenvalue weighted by Crippen LogP contribution is -2.18. The topological polar surface area (TPSA) is 89.3 Å². The normalized spacial score (nSPS) is 11.1. The van der Waals surface area contributed by atoms with Crippen LogP contribution in [0.15, 0.2) is 53.4 Å². The van der Waals surface area contributed by atoms with Crippen molar-refractivity contribution in [3.05, 3.63) is 59.1 Å². The van der Waals surface area contributed by atoms with E-state index < -0.39 is 15.9 Å². The third-order valence-corrected chi connectivity index (χ3v) is 3.86. The van der Waals surface area contributed by atoms with Crippen molar-refractivity contribution in [2.45, 2.75) is 4.90 Å². The quantitative estimate of drug-likeness (QED) is 0.911. The molecular formula is C13H11ClN2O3S. The second-order valence-electron chi connectivity index (χ2n) is 3.98. The highest BCUT2D eigenvalue weighted by molar-refractivity contribution is 7.89. The maximum Gasteiger partial charge on any atom is 0.257 e. The summed E-state index contributed by atoms with van der Waals surface area (Å²) in [6.07, 6.45) is 0. The number of anilines is 1. The van der Waals surface area contributed by atoms with E-state index in [1.807, 2.05) is 0 Å². The average molecular weight is 311 g/mol. The number of carbonyl (C=O) groups is 1. The van der Waals surface area contributed by atoms with Gasteiger partial charge in [-0.3, -0.25) is 4.79 Å². The maximum absolute atomic E-state index is 12.1. The summed E-state index contributed by atoms with van der Waals surface area (Å²) in [5, 5.41) is 7.86. The monoisotopic (exact) mass is 310 g/mol. The summed E-state index contributed by atoms with van der Waals surface area (Å²) in [6, 6.07) is 12.3. The molecule has 0 bridgehead atoms. The molecule has 0 spiro atoms. The van der Waals surface area contributed by atoms with E-state index in [1.54, 1.807) is 24.3 Å². The molecule has 0 saturated carbocycles. The van der Waals surface area contributed by atoms with E-state index in [1.165, 1.54) is 24.3 Å². The molecule has 0 saturated heterocycles. The van der Waals surface area contributed by atoms with Crippen LogP contribution >= 0.6 is 11.6 Å². The van der Waals surface area contributed by atoms with Crippen molar-refractivity contribution >= 4 is 33.2 Å². The van der Waals surface area contributed by atoms with Crippen molar-refractivity contribution in [2.24, 2.45) is 5.14 Å². The van der Waals surface area contributed by atoms with Crippen LogP contribution in [0.1, 0.15) is 10.4 Å². The van der Waals surface area contributed by atoms with Gasteiger partial charge in [0.25, 0.3) is 5.91 Å². The molecule has 2 rings (SSSR count). The molecule has 0 fully saturated rings. The Hall–Kier alpha value is -1.89. The van der Waals surface area contributed by atoms with Gasteiger partial charge >= 0.3 is 0 Å². The SMILES string of the molecule is NS(=O)(=O)c1ccccc1NC(=O)c1ccccc1Cl. The Labute approximate surface area is 121 Å². The van der Waals surface area contributed by atoms with Crippen LogP contribution < -0.4 is 10.5 Å². The number of hydrogen-bond donors (Lipinski definition) is 2. The van der Waals surface area contributed by atoms with Crippen LogP contribution in [-0.4, -0.2) is 14.3 Å². The molecule has 5 nitrogen and oxygen atoms in total. The molecule has 2 aromatic carbocycles. The van der Waals surface area contributed by atoms with Gasteiger partial charge in [-0.2, -0.15) is 0 Å². The first-order valence-electron chi connectivity index (χ1n) is 5.57. The van der Waals surface area contributed by atoms with E-state index in [0.717, 1.165) is 0 Å². The molecule has 0 aliphatic rings. The van der Waals surface area contributed by atoms with Crippen LogP contribution in [0.25, 0.3) is 0 Å². The first kappa shape index (κ1) is 14.5. The van der Waals surface area contributed by atoms with Gasteiger partial charge in [-0.05, 0) is 24.3 Å². The van der Waals surface area contributed by atoms with Crippen LogP contribution in [0.5, 0.6) is 0 Å². The Morgan fingerprint density at radius 1 is 1.05 bits per heavy atom. The number of nitrogens with one attached hydrogen (secondary N) is 1. The Balaban J connectivity index is 2.37. The Morgan fingerprint density at radius 3 is 2.30 bits per heavy atom. The number of amides is 1. The summed E-state index contributed by atoms with van der Waals surface area (Å²) < 4.78 is 22.9. The third kappa shape index (κ3) is 3.16. The zero-order valence-corrected chi connectivity index (χ0v) is 11.8. The van der Waals surface area contributed by atoms with Crippen molar-refractivity contribution < 1.29 is 13.2 Å². The number of hydrogen-bond acceptors (Lipinski definition) is 3. The van der Waals surface area contributed by atoms with Crippen molar-refractivity contribution in [1.82, 2.24) is 0 Å². The maximum atomic E-state index is 12.1. The second kappa shape index (κ2) is 5.62. The van der Waals surface area contributed by atoms with Gasteiger partial charge in [0.15, 0.2) is 0 Å². The van der Waals surface area contributed by atoms with Crippen LogP contribution in [-0.2, 0) is 10.0 Å². The van der Waals surface area contributed by atoms with E-state index in [4.69, 9.17) is 16.7 Å². The van der Waals surface area contributed by atoms with E-state index in [-0.39, 0.29) is 21.2 Å². The van der Waals surface area contributed by atoms with Crippen LogP contribution in [0, 0.1) is 0 Å². The first-order valence-corrected chi connectivity index (χ1v) is 7.50. The van der Waals surface area contributed by atoms with Crippen molar-refractivity contribution in [2.75, 3.05) is 5.32 Å². The largest absolute Gasteiger partial charge is 0.321 e. The fourth-order valence-corrected chi connectivity index (χ4v) is 2.57. The van der Waals surface area contributed by atoms with Crippen molar-refractivity contribution in [1.29, 1.82) is 0 Å². The minimum atomic E-state index is -3.92. The van der Waals surface area contributed by atoms with Crippen molar-refractivity contribution in [3.8, 4) is 0 Å². The Bertz CT molecular complexity index is 760. The van der Waals surface area contributed by atoms with Gasteiger partial charge in [0.2, 0.25) is 10.0 Å². The lowest BCUT2D eigenvalue weighted by Gasteiger charge is -2.10. The zero-order valence-electron chi connectivity index (χ0n) is 10.2. The number of rotatable bonds is 3. The van der Waals surface area contributed by atoms with Crippen LogP contribution in [0.3, 0.4) is 0 Å². The third-order valence-electron chi connectivity index (χ3n) is 2.56. The summed E-state index contributed by atoms with van der Waals surface area (Å²) in [7, 11) is -3.92. The molecule has 0 radical (unpaired) electrons. The summed E-state index contributed by atoms with van der Waals surface area (Å²) in [5.74, 6) is -0.508. The lowest BCUT2D eigenvalue weighted by molar-refractivity contribution is 0.102. The molecule has 0 aromatic heterocycles. The number of benzene rings is 2. The standard InChI is InChI=1S/C13H11ClN2O3S/c14-10-6-2-1-5-9(10)13(17)16-11-7-3-4-8-12(11)20(15,18)19/h1-8H,(H,16,17)(H2,15,18,19). The summed E-state index contributed by atoms with van der Waals surface area (Å²) in [6.45, 7) is 0. The minimum absolute atomic E-state index is 0.111. The number of nitrogens with two attached hydrogens (primary N) is 1. The number of halogens is 1. The average Bonchev–Trinajstić information content (AvgIpc) is 2.38. The summed E-state index contributed by atoms with van der Waals surface area (Å²) in [5.41, 5.74) is 0.360. The molecule has 0 aliphatic carbocycles. The predicted octanol–water partition coefficient (Wildman–Crippen LogP) is 2.24. The van der Waals surface area contributed by atoms with E-state index in [0.29, 0.717) is 0 Å². The van der Waals surface area contributed by atoms with Crippen molar-refractivity contribution in [3.63, 3.8) is 0 Å². The van der Waals surface area contributed by atoms with Gasteiger partial charge in [0, 0.05) is 0 Å². The number of primary sulfonamides is 1. The molecule has 0 unspecified atom stereocenters. The van der Waals surface area contributed by atoms with E-state index >= 15 is 0 Å². The highest BCUT2D eigenvalue weighted by Gasteiger charge is 2.16. The fourth-order valence-electron chi connectivity index (χ4n) is 1.65. The van der Waals surface area contributed by atoms with Crippen LogP contribution in [0.4, 0.5) is 5.69 Å². The first-order chi connectivity index (χ1) is 9.39. The minimum Gasteiger partial charge on any atom is -0.321 e. The summed E-state index contributed by atoms with van der Waals surface area (Å²) in [4.78, 5) is 11.9. The Kier molecular flexibility index (Phi) is 4.08. The zero-order chi connectivity index (χ0) is 14.8. The smallest absolute Gasteiger partial charge is 0.257 e. The molecule has 3 N–H and O–H groups in total. The Morgan fingerprint density at radius 2 is 1.65 bits per heavy atom.